The van der Waals surface area contributed by atoms with Gasteiger partial charge in [-0.05, 0) is 31.6 Å². The third-order valence-electron chi connectivity index (χ3n) is 3.20. The average molecular weight is 156 g/mol. The first-order chi connectivity index (χ1) is 4.93. The highest BCUT2D eigenvalue weighted by molar-refractivity contribution is 4.85. The molecule has 1 aliphatic heterocycles. The summed E-state index contributed by atoms with van der Waals surface area (Å²) >= 11 is 0. The van der Waals surface area contributed by atoms with E-state index in [0.29, 0.717) is 23.5 Å². The lowest BCUT2D eigenvalue weighted by Gasteiger charge is -2.43. The molecule has 1 heterocycles. The fourth-order valence-corrected chi connectivity index (χ4v) is 2.09. The lowest BCUT2D eigenvalue weighted by molar-refractivity contribution is -0.115. The molecule has 0 radical (unpaired) electrons. The van der Waals surface area contributed by atoms with Crippen molar-refractivity contribution >= 4 is 0 Å². The second kappa shape index (κ2) is 2.78. The van der Waals surface area contributed by atoms with Gasteiger partial charge in [0.15, 0.2) is 0 Å². The van der Waals surface area contributed by atoms with Crippen LogP contribution in [-0.4, -0.2) is 12.2 Å². The SMILES string of the molecule is CC1CC(C)(C)C(C)C(C)O1. The summed E-state index contributed by atoms with van der Waals surface area (Å²) in [7, 11) is 0. The predicted octanol–water partition coefficient (Wildman–Crippen LogP) is 2.85. The third-order valence-corrected chi connectivity index (χ3v) is 3.20. The lowest BCUT2D eigenvalue weighted by atomic mass is 9.71. The number of rotatable bonds is 0. The Morgan fingerprint density at radius 1 is 1.18 bits per heavy atom. The smallest absolute Gasteiger partial charge is 0.0581 e. The van der Waals surface area contributed by atoms with Crippen LogP contribution in [0.2, 0.25) is 0 Å². The van der Waals surface area contributed by atoms with Crippen molar-refractivity contribution in [3.8, 4) is 0 Å². The van der Waals surface area contributed by atoms with Crippen LogP contribution in [0.15, 0.2) is 0 Å². The second-order valence-electron chi connectivity index (χ2n) is 4.63. The summed E-state index contributed by atoms with van der Waals surface area (Å²) in [6.07, 6.45) is 2.06. The lowest BCUT2D eigenvalue weighted by Crippen LogP contribution is -2.42. The van der Waals surface area contributed by atoms with Crippen LogP contribution in [-0.2, 0) is 4.74 Å². The van der Waals surface area contributed by atoms with E-state index in [2.05, 4.69) is 34.6 Å². The highest BCUT2D eigenvalue weighted by atomic mass is 16.5. The van der Waals surface area contributed by atoms with Crippen LogP contribution < -0.4 is 0 Å². The summed E-state index contributed by atoms with van der Waals surface area (Å²) in [5, 5.41) is 0. The van der Waals surface area contributed by atoms with E-state index in [4.69, 9.17) is 4.74 Å². The topological polar surface area (TPSA) is 9.23 Å². The molecule has 0 aromatic carbocycles. The van der Waals surface area contributed by atoms with Crippen LogP contribution in [0, 0.1) is 11.3 Å². The van der Waals surface area contributed by atoms with Gasteiger partial charge in [-0.2, -0.15) is 0 Å². The van der Waals surface area contributed by atoms with E-state index in [9.17, 15) is 0 Å². The Bertz CT molecular complexity index is 140. The quantitative estimate of drug-likeness (QED) is 0.524. The number of hydrogen-bond donors (Lipinski definition) is 0. The summed E-state index contributed by atoms with van der Waals surface area (Å²) in [4.78, 5) is 0. The number of ether oxygens (including phenoxy) is 1. The van der Waals surface area contributed by atoms with Gasteiger partial charge in [0.25, 0.3) is 0 Å². The third kappa shape index (κ3) is 1.76. The molecule has 66 valence electrons. The van der Waals surface area contributed by atoms with Crippen LogP contribution in [0.25, 0.3) is 0 Å². The van der Waals surface area contributed by atoms with Crippen LogP contribution in [0.1, 0.15) is 41.0 Å². The molecule has 0 amide bonds. The van der Waals surface area contributed by atoms with Gasteiger partial charge in [0.1, 0.15) is 0 Å². The van der Waals surface area contributed by atoms with Gasteiger partial charge in [0.05, 0.1) is 12.2 Å². The first-order valence-corrected chi connectivity index (χ1v) is 4.59. The maximum atomic E-state index is 5.73. The Kier molecular flexibility index (Phi) is 2.29. The van der Waals surface area contributed by atoms with Gasteiger partial charge < -0.3 is 4.74 Å². The molecular weight excluding hydrogens is 136 g/mol. The van der Waals surface area contributed by atoms with E-state index in [1.165, 1.54) is 6.42 Å². The molecule has 1 heteroatoms. The van der Waals surface area contributed by atoms with Crippen molar-refractivity contribution in [2.45, 2.75) is 53.2 Å². The van der Waals surface area contributed by atoms with E-state index in [-0.39, 0.29) is 0 Å². The molecule has 0 saturated carbocycles. The van der Waals surface area contributed by atoms with Crippen LogP contribution in [0.3, 0.4) is 0 Å². The van der Waals surface area contributed by atoms with Gasteiger partial charge in [-0.1, -0.05) is 20.8 Å². The van der Waals surface area contributed by atoms with Gasteiger partial charge in [0.2, 0.25) is 0 Å². The molecule has 1 saturated heterocycles. The Morgan fingerprint density at radius 2 is 1.73 bits per heavy atom. The summed E-state index contributed by atoms with van der Waals surface area (Å²) in [5.74, 6) is 0.679. The fraction of sp³-hybridized carbons (Fsp3) is 1.00. The second-order valence-corrected chi connectivity index (χ2v) is 4.63. The maximum absolute atomic E-state index is 5.73. The first kappa shape index (κ1) is 9.05. The molecule has 3 unspecified atom stereocenters. The molecule has 0 N–H and O–H groups in total. The highest BCUT2D eigenvalue weighted by Gasteiger charge is 2.37. The van der Waals surface area contributed by atoms with E-state index >= 15 is 0 Å². The van der Waals surface area contributed by atoms with Crippen molar-refractivity contribution in [2.75, 3.05) is 0 Å². The molecule has 1 aliphatic rings. The number of hydrogen-bond acceptors (Lipinski definition) is 1. The van der Waals surface area contributed by atoms with Crippen molar-refractivity contribution in [3.05, 3.63) is 0 Å². The van der Waals surface area contributed by atoms with Gasteiger partial charge in [0, 0.05) is 0 Å². The molecule has 0 aromatic rings. The van der Waals surface area contributed by atoms with Gasteiger partial charge in [-0.3, -0.25) is 0 Å². The Morgan fingerprint density at radius 3 is 2.18 bits per heavy atom. The molecule has 3 atom stereocenters. The standard InChI is InChI=1S/C10H20O/c1-7-6-10(4,5)8(2)9(3)11-7/h7-9H,6H2,1-5H3. The van der Waals surface area contributed by atoms with Gasteiger partial charge >= 0.3 is 0 Å². The van der Waals surface area contributed by atoms with Crippen molar-refractivity contribution < 1.29 is 4.74 Å². The first-order valence-electron chi connectivity index (χ1n) is 4.59. The van der Waals surface area contributed by atoms with Crippen LogP contribution in [0.4, 0.5) is 0 Å². The van der Waals surface area contributed by atoms with Crippen LogP contribution in [0.5, 0.6) is 0 Å². The Labute approximate surface area is 70.1 Å². The Hall–Kier alpha value is -0.0400. The van der Waals surface area contributed by atoms with E-state index in [1.54, 1.807) is 0 Å². The summed E-state index contributed by atoms with van der Waals surface area (Å²) < 4.78 is 5.73. The zero-order chi connectivity index (χ0) is 8.65. The van der Waals surface area contributed by atoms with E-state index in [1.807, 2.05) is 0 Å². The molecule has 1 rings (SSSR count). The molecule has 1 fully saturated rings. The largest absolute Gasteiger partial charge is 0.375 e. The van der Waals surface area contributed by atoms with E-state index < -0.39 is 0 Å². The summed E-state index contributed by atoms with van der Waals surface area (Å²) in [6, 6.07) is 0. The minimum absolute atomic E-state index is 0.425. The minimum Gasteiger partial charge on any atom is -0.375 e. The normalized spacial score (nSPS) is 43.9. The summed E-state index contributed by atoms with van der Waals surface area (Å²) in [5.41, 5.74) is 0.455. The molecule has 0 aromatic heterocycles. The predicted molar refractivity (Wildman–Crippen MR) is 47.6 cm³/mol. The van der Waals surface area contributed by atoms with Crippen molar-refractivity contribution in [1.82, 2.24) is 0 Å². The molecule has 0 spiro atoms. The summed E-state index contributed by atoms with van der Waals surface area (Å²) in [6.45, 7) is 11.3. The highest BCUT2D eigenvalue weighted by Crippen LogP contribution is 2.40. The fourth-order valence-electron chi connectivity index (χ4n) is 2.09. The maximum Gasteiger partial charge on any atom is 0.0581 e. The van der Waals surface area contributed by atoms with E-state index in [0.717, 1.165) is 0 Å². The molecule has 0 bridgehead atoms. The zero-order valence-corrected chi connectivity index (χ0v) is 8.35. The van der Waals surface area contributed by atoms with Crippen molar-refractivity contribution in [2.24, 2.45) is 11.3 Å². The van der Waals surface area contributed by atoms with Crippen molar-refractivity contribution in [3.63, 3.8) is 0 Å². The van der Waals surface area contributed by atoms with Crippen molar-refractivity contribution in [1.29, 1.82) is 0 Å². The monoisotopic (exact) mass is 156 g/mol. The van der Waals surface area contributed by atoms with Crippen LogP contribution >= 0.6 is 0 Å². The molecule has 11 heavy (non-hydrogen) atoms. The average Bonchev–Trinajstić information content (AvgIpc) is 1.81. The molecule has 1 nitrogen and oxygen atoms in total. The molecular formula is C10H20O. The zero-order valence-electron chi connectivity index (χ0n) is 8.35. The van der Waals surface area contributed by atoms with Gasteiger partial charge in [-0.15, -0.1) is 0 Å². The Balaban J connectivity index is 2.67. The van der Waals surface area contributed by atoms with Gasteiger partial charge in [-0.25, -0.2) is 0 Å². The minimum atomic E-state index is 0.425. The molecule has 0 aliphatic carbocycles.